The van der Waals surface area contributed by atoms with E-state index in [1.54, 1.807) is 11.8 Å². The lowest BCUT2D eigenvalue weighted by Crippen LogP contribution is -1.92. The predicted molar refractivity (Wildman–Crippen MR) is 88.9 cm³/mol. The maximum absolute atomic E-state index is 6.33. The van der Waals surface area contributed by atoms with Gasteiger partial charge in [0.25, 0.3) is 0 Å². The lowest BCUT2D eigenvalue weighted by atomic mass is 10.2. The number of halogens is 1. The van der Waals surface area contributed by atoms with Crippen molar-refractivity contribution in [2.75, 3.05) is 6.79 Å². The molecule has 22 heavy (non-hydrogen) atoms. The Morgan fingerprint density at radius 3 is 2.82 bits per heavy atom. The predicted octanol–water partition coefficient (Wildman–Crippen LogP) is 4.91. The molecule has 0 N–H and O–H groups in total. The Bertz CT molecular complexity index is 848. The van der Waals surface area contributed by atoms with E-state index in [2.05, 4.69) is 23.2 Å². The monoisotopic (exact) mass is 329 g/mol. The maximum Gasteiger partial charge on any atom is 0.231 e. The third-order valence-electron chi connectivity index (χ3n) is 3.52. The van der Waals surface area contributed by atoms with E-state index in [1.807, 2.05) is 30.5 Å². The van der Waals surface area contributed by atoms with Crippen LogP contribution in [0.5, 0.6) is 11.5 Å². The van der Waals surface area contributed by atoms with E-state index in [0.717, 1.165) is 32.9 Å². The van der Waals surface area contributed by atoms with Crippen LogP contribution in [0.4, 0.5) is 0 Å². The summed E-state index contributed by atoms with van der Waals surface area (Å²) in [5.41, 5.74) is 2.05. The number of nitrogens with zero attached hydrogens (tertiary/aromatic N) is 1. The van der Waals surface area contributed by atoms with Gasteiger partial charge in [-0.1, -0.05) is 29.8 Å². The van der Waals surface area contributed by atoms with E-state index in [4.69, 9.17) is 21.1 Å². The SMILES string of the molecule is Clc1cc2c(cc1CSc1cccc3cccnc13)OCO2. The Labute approximate surface area is 137 Å². The zero-order chi connectivity index (χ0) is 14.9. The smallest absolute Gasteiger partial charge is 0.231 e. The molecule has 0 bridgehead atoms. The van der Waals surface area contributed by atoms with Gasteiger partial charge in [-0.25, -0.2) is 0 Å². The Morgan fingerprint density at radius 2 is 1.91 bits per heavy atom. The summed E-state index contributed by atoms with van der Waals surface area (Å²) in [6, 6.07) is 14.0. The second-order valence-corrected chi connectivity index (χ2v) is 6.34. The normalized spacial score (nSPS) is 12.8. The molecule has 0 fully saturated rings. The Kier molecular flexibility index (Phi) is 3.56. The van der Waals surface area contributed by atoms with Gasteiger partial charge in [0.15, 0.2) is 11.5 Å². The highest BCUT2D eigenvalue weighted by atomic mass is 35.5. The summed E-state index contributed by atoms with van der Waals surface area (Å²) in [6.07, 6.45) is 1.82. The number of fused-ring (bicyclic) bond motifs is 2. The van der Waals surface area contributed by atoms with Gasteiger partial charge >= 0.3 is 0 Å². The van der Waals surface area contributed by atoms with Gasteiger partial charge in [-0.3, -0.25) is 4.98 Å². The van der Waals surface area contributed by atoms with Crippen LogP contribution < -0.4 is 9.47 Å². The lowest BCUT2D eigenvalue weighted by Gasteiger charge is -2.08. The quantitative estimate of drug-likeness (QED) is 0.639. The summed E-state index contributed by atoms with van der Waals surface area (Å²) >= 11 is 8.05. The van der Waals surface area contributed by atoms with Gasteiger partial charge in [0.05, 0.1) is 5.52 Å². The molecule has 110 valence electrons. The van der Waals surface area contributed by atoms with Gasteiger partial charge in [0, 0.05) is 33.3 Å². The molecule has 1 aromatic heterocycles. The van der Waals surface area contributed by atoms with Crippen molar-refractivity contribution in [3.8, 4) is 11.5 Å². The van der Waals surface area contributed by atoms with Crippen LogP contribution in [0, 0.1) is 0 Å². The Hall–Kier alpha value is -1.91. The van der Waals surface area contributed by atoms with Crippen molar-refractivity contribution in [3.05, 3.63) is 59.2 Å². The van der Waals surface area contributed by atoms with Gasteiger partial charge in [0.2, 0.25) is 6.79 Å². The molecule has 3 aromatic rings. The molecular formula is C17H12ClNO2S. The van der Waals surface area contributed by atoms with Crippen LogP contribution in [0.25, 0.3) is 10.9 Å². The molecule has 1 aliphatic rings. The number of aromatic nitrogens is 1. The van der Waals surface area contributed by atoms with Crippen molar-refractivity contribution in [3.63, 3.8) is 0 Å². The number of thioether (sulfide) groups is 1. The average molecular weight is 330 g/mol. The third kappa shape index (κ3) is 2.49. The van der Waals surface area contributed by atoms with Crippen LogP contribution in [0.15, 0.2) is 53.6 Å². The first-order valence-electron chi connectivity index (χ1n) is 6.86. The molecule has 0 radical (unpaired) electrons. The van der Waals surface area contributed by atoms with Crippen LogP contribution in [0.3, 0.4) is 0 Å². The fourth-order valence-corrected chi connectivity index (χ4v) is 3.75. The number of benzene rings is 2. The van der Waals surface area contributed by atoms with E-state index in [9.17, 15) is 0 Å². The zero-order valence-electron chi connectivity index (χ0n) is 11.6. The van der Waals surface area contributed by atoms with Crippen molar-refractivity contribution in [2.45, 2.75) is 10.6 Å². The number of ether oxygens (including phenoxy) is 2. The minimum Gasteiger partial charge on any atom is -0.454 e. The van der Waals surface area contributed by atoms with E-state index in [1.165, 1.54) is 0 Å². The Balaban J connectivity index is 1.62. The maximum atomic E-state index is 6.33. The summed E-state index contributed by atoms with van der Waals surface area (Å²) < 4.78 is 10.7. The standard InChI is InChI=1S/C17H12ClNO2S/c18-13-8-15-14(20-10-21-15)7-12(13)9-22-16-5-1-3-11-4-2-6-19-17(11)16/h1-8H,9-10H2. The van der Waals surface area contributed by atoms with Crippen molar-refractivity contribution < 1.29 is 9.47 Å². The van der Waals surface area contributed by atoms with Gasteiger partial charge in [-0.15, -0.1) is 11.8 Å². The van der Waals surface area contributed by atoms with Crippen LogP contribution in [0.2, 0.25) is 5.02 Å². The molecule has 0 saturated heterocycles. The fourth-order valence-electron chi connectivity index (χ4n) is 2.42. The van der Waals surface area contributed by atoms with Crippen LogP contribution in [0.1, 0.15) is 5.56 Å². The van der Waals surface area contributed by atoms with E-state index >= 15 is 0 Å². The summed E-state index contributed by atoms with van der Waals surface area (Å²) in [7, 11) is 0. The molecule has 0 aliphatic carbocycles. The van der Waals surface area contributed by atoms with Crippen molar-refractivity contribution in [2.24, 2.45) is 0 Å². The minimum atomic E-state index is 0.259. The fraction of sp³-hybridized carbons (Fsp3) is 0.118. The second kappa shape index (κ2) is 5.71. The van der Waals surface area contributed by atoms with E-state index < -0.39 is 0 Å². The van der Waals surface area contributed by atoms with E-state index in [-0.39, 0.29) is 6.79 Å². The number of para-hydroxylation sites is 1. The Morgan fingerprint density at radius 1 is 1.09 bits per heavy atom. The van der Waals surface area contributed by atoms with Crippen molar-refractivity contribution >= 4 is 34.3 Å². The highest BCUT2D eigenvalue weighted by Gasteiger charge is 2.16. The molecule has 2 heterocycles. The summed E-state index contributed by atoms with van der Waals surface area (Å²) in [4.78, 5) is 5.62. The number of hydrogen-bond acceptors (Lipinski definition) is 4. The molecule has 3 nitrogen and oxygen atoms in total. The highest BCUT2D eigenvalue weighted by molar-refractivity contribution is 7.98. The summed E-state index contributed by atoms with van der Waals surface area (Å²) in [5.74, 6) is 2.23. The molecule has 0 saturated carbocycles. The first-order valence-corrected chi connectivity index (χ1v) is 8.22. The molecule has 4 rings (SSSR count). The first kappa shape index (κ1) is 13.7. The molecule has 0 atom stereocenters. The van der Waals surface area contributed by atoms with Gasteiger partial charge in [-0.05, 0) is 23.8 Å². The number of pyridine rings is 1. The molecule has 5 heteroatoms. The summed E-state index contributed by atoms with van der Waals surface area (Å²) in [5, 5.41) is 1.84. The van der Waals surface area contributed by atoms with Gasteiger partial charge < -0.3 is 9.47 Å². The molecule has 2 aromatic carbocycles. The lowest BCUT2D eigenvalue weighted by molar-refractivity contribution is 0.174. The third-order valence-corrected chi connectivity index (χ3v) is 4.97. The molecular weight excluding hydrogens is 318 g/mol. The molecule has 0 amide bonds. The zero-order valence-corrected chi connectivity index (χ0v) is 13.2. The van der Waals surface area contributed by atoms with Gasteiger partial charge in [0.1, 0.15) is 0 Å². The topological polar surface area (TPSA) is 31.4 Å². The van der Waals surface area contributed by atoms with Gasteiger partial charge in [-0.2, -0.15) is 0 Å². The van der Waals surface area contributed by atoms with Crippen LogP contribution in [-0.2, 0) is 5.75 Å². The number of hydrogen-bond donors (Lipinski definition) is 0. The number of rotatable bonds is 3. The van der Waals surface area contributed by atoms with E-state index in [0.29, 0.717) is 10.8 Å². The molecule has 0 spiro atoms. The van der Waals surface area contributed by atoms with Crippen molar-refractivity contribution in [1.82, 2.24) is 4.98 Å². The molecule has 0 unspecified atom stereocenters. The largest absolute Gasteiger partial charge is 0.454 e. The molecule has 1 aliphatic heterocycles. The van der Waals surface area contributed by atoms with Crippen molar-refractivity contribution in [1.29, 1.82) is 0 Å². The first-order chi connectivity index (χ1) is 10.8. The summed E-state index contributed by atoms with van der Waals surface area (Å²) in [6.45, 7) is 0.259. The highest BCUT2D eigenvalue weighted by Crippen LogP contribution is 2.39. The minimum absolute atomic E-state index is 0.259. The average Bonchev–Trinajstić information content (AvgIpc) is 2.99. The van der Waals surface area contributed by atoms with Crippen LogP contribution >= 0.6 is 23.4 Å². The van der Waals surface area contributed by atoms with Crippen LogP contribution in [-0.4, -0.2) is 11.8 Å². The second-order valence-electron chi connectivity index (χ2n) is 4.92.